The number of hydrogen-bond acceptors (Lipinski definition) is 3. The van der Waals surface area contributed by atoms with E-state index in [1.807, 2.05) is 36.4 Å². The van der Waals surface area contributed by atoms with Crippen LogP contribution in [0, 0.1) is 0 Å². The molecule has 0 unspecified atom stereocenters. The molecule has 47 heavy (non-hydrogen) atoms. The van der Waals surface area contributed by atoms with Gasteiger partial charge in [-0.15, -0.1) is 0 Å². The number of hydrogen-bond donors (Lipinski definition) is 0. The minimum atomic E-state index is -0.204. The fraction of sp³-hybridized carbons (Fsp3) is 0.0714. The van der Waals surface area contributed by atoms with Crippen molar-refractivity contribution in [3.63, 3.8) is 0 Å². The molecule has 1 aliphatic heterocycles. The zero-order chi connectivity index (χ0) is 31.3. The molecule has 0 spiro atoms. The van der Waals surface area contributed by atoms with Gasteiger partial charge in [-0.05, 0) is 35.4 Å². The fourth-order valence-corrected chi connectivity index (χ4v) is 7.78. The molecule has 0 saturated heterocycles. The topological polar surface area (TPSA) is 48.5 Å². The van der Waals surface area contributed by atoms with Gasteiger partial charge in [0.15, 0.2) is 11.6 Å². The summed E-state index contributed by atoms with van der Waals surface area (Å²) in [5.74, 6) is 1.89. The average Bonchev–Trinajstić information content (AvgIpc) is 3.65. The van der Waals surface area contributed by atoms with Crippen molar-refractivity contribution in [2.24, 2.45) is 0 Å². The number of para-hydroxylation sites is 3. The first kappa shape index (κ1) is 26.2. The molecule has 0 radical (unpaired) electrons. The molecule has 0 fully saturated rings. The van der Waals surface area contributed by atoms with Crippen LogP contribution in [-0.2, 0) is 5.41 Å². The minimum Gasteiger partial charge on any atom is -0.309 e. The Labute approximate surface area is 271 Å². The molecular formula is C42H29N5. The van der Waals surface area contributed by atoms with Gasteiger partial charge in [-0.3, -0.25) is 4.57 Å². The van der Waals surface area contributed by atoms with Gasteiger partial charge in [0.1, 0.15) is 0 Å². The van der Waals surface area contributed by atoms with E-state index in [1.165, 1.54) is 49.4 Å². The monoisotopic (exact) mass is 603 g/mol. The zero-order valence-corrected chi connectivity index (χ0v) is 26.0. The smallest absolute Gasteiger partial charge is 0.238 e. The van der Waals surface area contributed by atoms with Crippen LogP contribution >= 0.6 is 0 Å². The normalized spacial score (nSPS) is 13.5. The first-order valence-electron chi connectivity index (χ1n) is 16.1. The summed E-state index contributed by atoms with van der Waals surface area (Å²) in [6.07, 6.45) is 0. The summed E-state index contributed by atoms with van der Waals surface area (Å²) in [4.78, 5) is 15.4. The van der Waals surface area contributed by atoms with Crippen LogP contribution in [0.5, 0.6) is 0 Å². The molecule has 1 aliphatic rings. The van der Waals surface area contributed by atoms with Crippen LogP contribution in [0.15, 0.2) is 140 Å². The van der Waals surface area contributed by atoms with Crippen molar-refractivity contribution in [1.29, 1.82) is 0 Å². The van der Waals surface area contributed by atoms with E-state index in [0.29, 0.717) is 17.6 Å². The highest BCUT2D eigenvalue weighted by molar-refractivity contribution is 6.27. The van der Waals surface area contributed by atoms with E-state index in [2.05, 4.69) is 126 Å². The largest absolute Gasteiger partial charge is 0.309 e. The lowest BCUT2D eigenvalue weighted by Gasteiger charge is -2.34. The SMILES string of the molecule is CC1(C)c2ccccc2-n2c3ccccc3c3c2c1cc1c2ccccc2n(-c2nc(-c4ccccc4)nc(-c4ccccc4)n2)c13. The molecule has 0 atom stereocenters. The lowest BCUT2D eigenvalue weighted by atomic mass is 9.74. The number of benzene rings is 6. The molecule has 4 heterocycles. The Morgan fingerprint density at radius 3 is 1.70 bits per heavy atom. The summed E-state index contributed by atoms with van der Waals surface area (Å²) in [5, 5.41) is 4.80. The second-order valence-electron chi connectivity index (χ2n) is 12.9. The van der Waals surface area contributed by atoms with Crippen LogP contribution in [0.25, 0.3) is 78.0 Å². The summed E-state index contributed by atoms with van der Waals surface area (Å²) in [6.45, 7) is 4.72. The third kappa shape index (κ3) is 3.57. The predicted molar refractivity (Wildman–Crippen MR) is 192 cm³/mol. The summed E-state index contributed by atoms with van der Waals surface area (Å²) < 4.78 is 4.74. The van der Waals surface area contributed by atoms with Crippen molar-refractivity contribution in [3.8, 4) is 34.4 Å². The van der Waals surface area contributed by atoms with Gasteiger partial charge in [0.2, 0.25) is 5.95 Å². The van der Waals surface area contributed by atoms with Gasteiger partial charge >= 0.3 is 0 Å². The molecule has 0 saturated carbocycles. The predicted octanol–water partition coefficient (Wildman–Crippen LogP) is 10.0. The van der Waals surface area contributed by atoms with E-state index >= 15 is 0 Å². The van der Waals surface area contributed by atoms with Crippen molar-refractivity contribution in [2.45, 2.75) is 19.3 Å². The maximum Gasteiger partial charge on any atom is 0.238 e. The molecule has 10 rings (SSSR count). The van der Waals surface area contributed by atoms with Crippen molar-refractivity contribution in [2.75, 3.05) is 0 Å². The van der Waals surface area contributed by atoms with Crippen LogP contribution in [0.3, 0.4) is 0 Å². The highest BCUT2D eigenvalue weighted by Gasteiger charge is 2.37. The van der Waals surface area contributed by atoms with Crippen molar-refractivity contribution in [1.82, 2.24) is 24.1 Å². The van der Waals surface area contributed by atoms with Gasteiger partial charge in [-0.25, -0.2) is 4.98 Å². The van der Waals surface area contributed by atoms with Crippen LogP contribution in [0.4, 0.5) is 0 Å². The van der Waals surface area contributed by atoms with Gasteiger partial charge < -0.3 is 4.57 Å². The number of aromatic nitrogens is 5. The lowest BCUT2D eigenvalue weighted by Crippen LogP contribution is -2.26. The second kappa shape index (κ2) is 9.47. The van der Waals surface area contributed by atoms with Crippen LogP contribution in [0.1, 0.15) is 25.0 Å². The maximum atomic E-state index is 5.22. The number of fused-ring (bicyclic) bond motifs is 9. The van der Waals surface area contributed by atoms with Gasteiger partial charge in [0.25, 0.3) is 0 Å². The van der Waals surface area contributed by atoms with Gasteiger partial charge in [-0.2, -0.15) is 9.97 Å². The van der Waals surface area contributed by atoms with Crippen LogP contribution < -0.4 is 0 Å². The molecule has 0 N–H and O–H groups in total. The Balaban J connectivity index is 1.42. The fourth-order valence-electron chi connectivity index (χ4n) is 7.78. The standard InChI is InChI=1S/C42H29N5/c1-42(2)31-21-11-14-24-35(31)46-34-23-13-10-20-29(34)36-37-30(25-32(42)38(36)46)28-19-9-12-22-33(28)47(37)41-44-39(26-15-5-3-6-16-26)43-40(45-41)27-17-7-4-8-18-27/h3-25H,1-2H3. The third-order valence-corrected chi connectivity index (χ3v) is 9.95. The Morgan fingerprint density at radius 2 is 1.02 bits per heavy atom. The Bertz CT molecular complexity index is 2640. The highest BCUT2D eigenvalue weighted by atomic mass is 15.2. The van der Waals surface area contributed by atoms with E-state index < -0.39 is 0 Å². The lowest BCUT2D eigenvalue weighted by molar-refractivity contribution is 0.631. The molecule has 9 aromatic rings. The minimum absolute atomic E-state index is 0.204. The van der Waals surface area contributed by atoms with Crippen molar-refractivity contribution in [3.05, 3.63) is 151 Å². The molecule has 5 nitrogen and oxygen atoms in total. The van der Waals surface area contributed by atoms with Gasteiger partial charge in [0, 0.05) is 38.1 Å². The molecule has 222 valence electrons. The van der Waals surface area contributed by atoms with Crippen LogP contribution in [0.2, 0.25) is 0 Å². The average molecular weight is 604 g/mol. The van der Waals surface area contributed by atoms with Crippen LogP contribution in [-0.4, -0.2) is 24.1 Å². The second-order valence-corrected chi connectivity index (χ2v) is 12.9. The third-order valence-electron chi connectivity index (χ3n) is 9.95. The Hall–Kier alpha value is -6.07. The van der Waals surface area contributed by atoms with Gasteiger partial charge in [0.05, 0.1) is 27.8 Å². The first-order valence-corrected chi connectivity index (χ1v) is 16.1. The molecule has 0 bridgehead atoms. The summed E-state index contributed by atoms with van der Waals surface area (Å²) in [6, 6.07) is 49.1. The number of nitrogens with zero attached hydrogens (tertiary/aromatic N) is 5. The molecule has 3 aromatic heterocycles. The van der Waals surface area contributed by atoms with E-state index in [0.717, 1.165) is 22.2 Å². The maximum absolute atomic E-state index is 5.22. The quantitative estimate of drug-likeness (QED) is 0.202. The Kier molecular flexibility index (Phi) is 5.28. The van der Waals surface area contributed by atoms with Crippen molar-refractivity contribution >= 4 is 43.6 Å². The first-order chi connectivity index (χ1) is 23.1. The molecule has 0 aliphatic carbocycles. The molecule has 6 aromatic carbocycles. The molecule has 0 amide bonds. The Morgan fingerprint density at radius 1 is 0.468 bits per heavy atom. The summed E-state index contributed by atoms with van der Waals surface area (Å²) in [7, 11) is 0. The molecule has 5 heteroatoms. The zero-order valence-electron chi connectivity index (χ0n) is 26.0. The summed E-state index contributed by atoms with van der Waals surface area (Å²) in [5.41, 5.74) is 10.2. The van der Waals surface area contributed by atoms with E-state index in [4.69, 9.17) is 15.0 Å². The van der Waals surface area contributed by atoms with E-state index in [1.54, 1.807) is 0 Å². The highest BCUT2D eigenvalue weighted by Crippen LogP contribution is 2.51. The molecular weight excluding hydrogens is 574 g/mol. The van der Waals surface area contributed by atoms with E-state index in [-0.39, 0.29) is 5.41 Å². The number of rotatable bonds is 3. The summed E-state index contributed by atoms with van der Waals surface area (Å²) >= 11 is 0. The van der Waals surface area contributed by atoms with E-state index in [9.17, 15) is 0 Å². The van der Waals surface area contributed by atoms with Crippen molar-refractivity contribution < 1.29 is 0 Å². The van der Waals surface area contributed by atoms with Gasteiger partial charge in [-0.1, -0.05) is 129 Å².